The standard InChI is InChI=1S/C22H33N3O3/c1-4-18(2)23-14-11-22(12-15-23)20(26)24(16-17-28-3)21(27)25(22)13-10-19-8-6-5-7-9-19/h5-9,18H,4,10-17H2,1-3H3/t18-/m1/s1. The van der Waals surface area contributed by atoms with Gasteiger partial charge in [0.05, 0.1) is 13.2 Å². The normalized spacial score (nSPS) is 21.0. The van der Waals surface area contributed by atoms with Crippen LogP contribution < -0.4 is 0 Å². The van der Waals surface area contributed by atoms with Crippen molar-refractivity contribution in [3.8, 4) is 0 Å². The monoisotopic (exact) mass is 387 g/mol. The van der Waals surface area contributed by atoms with Gasteiger partial charge in [-0.2, -0.15) is 0 Å². The molecule has 28 heavy (non-hydrogen) atoms. The maximum atomic E-state index is 13.4. The third-order valence-corrected chi connectivity index (χ3v) is 6.45. The van der Waals surface area contributed by atoms with E-state index in [-0.39, 0.29) is 11.9 Å². The number of rotatable bonds is 8. The first-order chi connectivity index (χ1) is 13.5. The lowest BCUT2D eigenvalue weighted by atomic mass is 9.85. The zero-order valence-corrected chi connectivity index (χ0v) is 17.4. The minimum atomic E-state index is -0.691. The Balaban J connectivity index is 1.79. The summed E-state index contributed by atoms with van der Waals surface area (Å²) in [5.41, 5.74) is 0.495. The van der Waals surface area contributed by atoms with E-state index in [4.69, 9.17) is 4.74 Å². The molecule has 6 heteroatoms. The molecule has 3 amide bonds. The third-order valence-electron chi connectivity index (χ3n) is 6.45. The van der Waals surface area contributed by atoms with Gasteiger partial charge in [-0.3, -0.25) is 9.69 Å². The summed E-state index contributed by atoms with van der Waals surface area (Å²) in [6.45, 7) is 7.41. The van der Waals surface area contributed by atoms with Crippen molar-refractivity contribution >= 4 is 11.9 Å². The summed E-state index contributed by atoms with van der Waals surface area (Å²) in [5.74, 6) is -0.0357. The Morgan fingerprint density at radius 2 is 1.79 bits per heavy atom. The van der Waals surface area contributed by atoms with Crippen molar-refractivity contribution in [3.05, 3.63) is 35.9 Å². The highest BCUT2D eigenvalue weighted by atomic mass is 16.5. The SMILES string of the molecule is CC[C@@H](C)N1CCC2(CC1)C(=O)N(CCOC)C(=O)N2CCc1ccccc1. The van der Waals surface area contributed by atoms with E-state index in [1.165, 1.54) is 10.5 Å². The van der Waals surface area contributed by atoms with Gasteiger partial charge in [0.25, 0.3) is 5.91 Å². The molecule has 0 N–H and O–H groups in total. The zero-order valence-electron chi connectivity index (χ0n) is 17.4. The predicted molar refractivity (Wildman–Crippen MR) is 109 cm³/mol. The predicted octanol–water partition coefficient (Wildman–Crippen LogP) is 2.77. The largest absolute Gasteiger partial charge is 0.383 e. The molecule has 2 fully saturated rings. The quantitative estimate of drug-likeness (QED) is 0.644. The Hall–Kier alpha value is -1.92. The first kappa shape index (κ1) is 20.8. The third kappa shape index (κ3) is 3.94. The Kier molecular flexibility index (Phi) is 6.73. The number of nitrogens with zero attached hydrogens (tertiary/aromatic N) is 3. The number of likely N-dealkylation sites (tertiary alicyclic amines) is 1. The number of ether oxygens (including phenoxy) is 1. The molecule has 0 unspecified atom stereocenters. The number of piperidine rings is 1. The Labute approximate surface area is 168 Å². The molecule has 3 rings (SSSR count). The van der Waals surface area contributed by atoms with Gasteiger partial charge in [0.2, 0.25) is 0 Å². The molecular formula is C22H33N3O3. The molecule has 0 aliphatic carbocycles. The summed E-state index contributed by atoms with van der Waals surface area (Å²) in [7, 11) is 1.60. The highest BCUT2D eigenvalue weighted by Crippen LogP contribution is 2.38. The van der Waals surface area contributed by atoms with Crippen molar-refractivity contribution in [2.75, 3.05) is 39.9 Å². The summed E-state index contributed by atoms with van der Waals surface area (Å²) < 4.78 is 5.13. The fraction of sp³-hybridized carbons (Fsp3) is 0.636. The van der Waals surface area contributed by atoms with Crippen molar-refractivity contribution < 1.29 is 14.3 Å². The second-order valence-electron chi connectivity index (χ2n) is 7.94. The Bertz CT molecular complexity index is 671. The van der Waals surface area contributed by atoms with Crippen LogP contribution in [0.3, 0.4) is 0 Å². The molecule has 0 saturated carbocycles. The van der Waals surface area contributed by atoms with E-state index in [0.717, 1.165) is 25.9 Å². The molecule has 1 atom stereocenters. The first-order valence-electron chi connectivity index (χ1n) is 10.4. The summed E-state index contributed by atoms with van der Waals surface area (Å²) in [6.07, 6.45) is 3.27. The second-order valence-corrected chi connectivity index (χ2v) is 7.94. The Morgan fingerprint density at radius 1 is 1.11 bits per heavy atom. The summed E-state index contributed by atoms with van der Waals surface area (Å²) in [6, 6.07) is 10.5. The van der Waals surface area contributed by atoms with Gasteiger partial charge >= 0.3 is 6.03 Å². The van der Waals surface area contributed by atoms with E-state index in [1.54, 1.807) is 7.11 Å². The van der Waals surface area contributed by atoms with Crippen LogP contribution in [0.2, 0.25) is 0 Å². The van der Waals surface area contributed by atoms with E-state index in [0.29, 0.717) is 38.6 Å². The van der Waals surface area contributed by atoms with Crippen LogP contribution >= 0.6 is 0 Å². The van der Waals surface area contributed by atoms with Crippen LogP contribution in [-0.4, -0.2) is 78.1 Å². The van der Waals surface area contributed by atoms with Crippen LogP contribution in [0, 0.1) is 0 Å². The topological polar surface area (TPSA) is 53.1 Å². The van der Waals surface area contributed by atoms with E-state index in [1.807, 2.05) is 23.1 Å². The number of hydrogen-bond acceptors (Lipinski definition) is 4. The van der Waals surface area contributed by atoms with E-state index in [2.05, 4.69) is 30.9 Å². The highest BCUT2D eigenvalue weighted by molar-refractivity contribution is 6.07. The molecule has 1 aromatic rings. The number of imide groups is 1. The Morgan fingerprint density at radius 3 is 2.39 bits per heavy atom. The van der Waals surface area contributed by atoms with Crippen LogP contribution in [0.25, 0.3) is 0 Å². The number of amides is 3. The van der Waals surface area contributed by atoms with Gasteiger partial charge in [-0.25, -0.2) is 4.79 Å². The van der Waals surface area contributed by atoms with Gasteiger partial charge in [0, 0.05) is 32.8 Å². The summed E-state index contributed by atoms with van der Waals surface area (Å²) in [5, 5.41) is 0. The molecule has 6 nitrogen and oxygen atoms in total. The number of carbonyl (C=O) groups is 2. The van der Waals surface area contributed by atoms with Gasteiger partial charge in [-0.15, -0.1) is 0 Å². The van der Waals surface area contributed by atoms with Gasteiger partial charge in [-0.1, -0.05) is 37.3 Å². The van der Waals surface area contributed by atoms with Gasteiger partial charge < -0.3 is 14.5 Å². The second kappa shape index (κ2) is 9.05. The zero-order chi connectivity index (χ0) is 20.1. The fourth-order valence-electron chi connectivity index (χ4n) is 4.43. The van der Waals surface area contributed by atoms with Crippen molar-refractivity contribution in [3.63, 3.8) is 0 Å². The highest BCUT2D eigenvalue weighted by Gasteiger charge is 2.57. The molecule has 1 aromatic carbocycles. The lowest BCUT2D eigenvalue weighted by Crippen LogP contribution is -2.58. The maximum Gasteiger partial charge on any atom is 0.327 e. The van der Waals surface area contributed by atoms with Crippen molar-refractivity contribution in [1.82, 2.24) is 14.7 Å². The van der Waals surface area contributed by atoms with Crippen molar-refractivity contribution in [2.24, 2.45) is 0 Å². The van der Waals surface area contributed by atoms with Gasteiger partial charge in [0.15, 0.2) is 0 Å². The lowest BCUT2D eigenvalue weighted by molar-refractivity contribution is -0.136. The first-order valence-corrected chi connectivity index (χ1v) is 10.4. The number of urea groups is 1. The number of methoxy groups -OCH3 is 1. The number of benzene rings is 1. The van der Waals surface area contributed by atoms with Crippen LogP contribution in [0.5, 0.6) is 0 Å². The molecule has 154 valence electrons. The van der Waals surface area contributed by atoms with Crippen LogP contribution in [0.4, 0.5) is 4.79 Å². The lowest BCUT2D eigenvalue weighted by Gasteiger charge is -2.44. The van der Waals surface area contributed by atoms with E-state index < -0.39 is 5.54 Å². The number of carbonyl (C=O) groups excluding carboxylic acids is 2. The molecule has 0 radical (unpaired) electrons. The molecule has 2 heterocycles. The molecule has 2 saturated heterocycles. The average molecular weight is 388 g/mol. The molecule has 2 aliphatic heterocycles. The molecule has 0 aromatic heterocycles. The fourth-order valence-corrected chi connectivity index (χ4v) is 4.43. The molecule has 1 spiro atoms. The minimum Gasteiger partial charge on any atom is -0.383 e. The van der Waals surface area contributed by atoms with Crippen molar-refractivity contribution in [2.45, 2.75) is 51.1 Å². The van der Waals surface area contributed by atoms with E-state index >= 15 is 0 Å². The summed E-state index contributed by atoms with van der Waals surface area (Å²) >= 11 is 0. The molecule has 2 aliphatic rings. The number of hydrogen-bond donors (Lipinski definition) is 0. The smallest absolute Gasteiger partial charge is 0.327 e. The molecule has 0 bridgehead atoms. The van der Waals surface area contributed by atoms with Gasteiger partial charge in [0.1, 0.15) is 5.54 Å². The van der Waals surface area contributed by atoms with Crippen LogP contribution in [0.1, 0.15) is 38.7 Å². The summed E-state index contributed by atoms with van der Waals surface area (Å²) in [4.78, 5) is 32.2. The van der Waals surface area contributed by atoms with Crippen LogP contribution in [-0.2, 0) is 16.0 Å². The molecular weight excluding hydrogens is 354 g/mol. The average Bonchev–Trinajstić information content (AvgIpc) is 2.92. The minimum absolute atomic E-state index is 0.0357. The van der Waals surface area contributed by atoms with Gasteiger partial charge in [-0.05, 0) is 38.2 Å². The van der Waals surface area contributed by atoms with E-state index in [9.17, 15) is 9.59 Å². The van der Waals surface area contributed by atoms with Crippen molar-refractivity contribution in [1.29, 1.82) is 0 Å². The maximum absolute atomic E-state index is 13.4. The van der Waals surface area contributed by atoms with Crippen LogP contribution in [0.15, 0.2) is 30.3 Å².